The van der Waals surface area contributed by atoms with Crippen LogP contribution >= 0.6 is 22.7 Å². The van der Waals surface area contributed by atoms with Crippen molar-refractivity contribution in [3.05, 3.63) is 34.0 Å². The Bertz CT molecular complexity index is 417. The standard InChI is InChI=1S/C10H10O2S2/c11-9-5-7(6-14-9)1-2-8-3-4-13-10(8)12/h3-6,11-12H,1-2H2. The van der Waals surface area contributed by atoms with Crippen LogP contribution in [-0.4, -0.2) is 10.2 Å². The SMILES string of the molecule is Oc1cc(CCc2ccsc2O)cs1. The molecule has 14 heavy (non-hydrogen) atoms. The highest BCUT2D eigenvalue weighted by molar-refractivity contribution is 7.12. The van der Waals surface area contributed by atoms with Gasteiger partial charge in [-0.25, -0.2) is 0 Å². The topological polar surface area (TPSA) is 40.5 Å². The van der Waals surface area contributed by atoms with Crippen LogP contribution in [0.25, 0.3) is 0 Å². The molecular weight excluding hydrogens is 216 g/mol. The van der Waals surface area contributed by atoms with Crippen LogP contribution in [0, 0.1) is 0 Å². The molecule has 74 valence electrons. The molecule has 2 aromatic rings. The second-order valence-corrected chi connectivity index (χ2v) is 4.83. The van der Waals surface area contributed by atoms with E-state index in [1.165, 1.54) is 22.7 Å². The zero-order valence-corrected chi connectivity index (χ0v) is 9.07. The summed E-state index contributed by atoms with van der Waals surface area (Å²) < 4.78 is 0. The molecule has 0 atom stereocenters. The van der Waals surface area contributed by atoms with Crippen molar-refractivity contribution in [2.75, 3.05) is 0 Å². The Labute approximate surface area is 90.1 Å². The largest absolute Gasteiger partial charge is 0.499 e. The molecule has 0 radical (unpaired) electrons. The van der Waals surface area contributed by atoms with Crippen molar-refractivity contribution in [1.29, 1.82) is 0 Å². The molecule has 2 N–H and O–H groups in total. The Balaban J connectivity index is 1.98. The highest BCUT2D eigenvalue weighted by Crippen LogP contribution is 2.27. The predicted octanol–water partition coefficient (Wildman–Crippen LogP) is 3.01. The van der Waals surface area contributed by atoms with E-state index in [1.807, 2.05) is 16.8 Å². The van der Waals surface area contributed by atoms with Gasteiger partial charge in [0.2, 0.25) is 0 Å². The maximum absolute atomic E-state index is 9.41. The third-order valence-corrected chi connectivity index (χ3v) is 3.58. The average Bonchev–Trinajstić information content (AvgIpc) is 2.72. The lowest BCUT2D eigenvalue weighted by Gasteiger charge is -1.96. The Hall–Kier alpha value is -1.00. The smallest absolute Gasteiger partial charge is 0.174 e. The molecule has 0 saturated heterocycles. The van der Waals surface area contributed by atoms with Gasteiger partial charge in [-0.1, -0.05) is 0 Å². The van der Waals surface area contributed by atoms with Gasteiger partial charge in [-0.15, -0.1) is 22.7 Å². The Kier molecular flexibility index (Phi) is 2.74. The maximum Gasteiger partial charge on any atom is 0.174 e. The summed E-state index contributed by atoms with van der Waals surface area (Å²) in [6.45, 7) is 0. The molecule has 0 amide bonds. The zero-order valence-electron chi connectivity index (χ0n) is 7.43. The van der Waals surface area contributed by atoms with E-state index in [-0.39, 0.29) is 0 Å². The molecule has 0 fully saturated rings. The number of aromatic hydroxyl groups is 2. The minimum atomic E-state index is 0.356. The molecule has 0 bridgehead atoms. The second kappa shape index (κ2) is 4.02. The van der Waals surface area contributed by atoms with E-state index >= 15 is 0 Å². The predicted molar refractivity (Wildman–Crippen MR) is 59.4 cm³/mol. The van der Waals surface area contributed by atoms with Crippen molar-refractivity contribution >= 4 is 22.7 Å². The van der Waals surface area contributed by atoms with Crippen molar-refractivity contribution in [2.24, 2.45) is 0 Å². The second-order valence-electron chi connectivity index (χ2n) is 3.04. The van der Waals surface area contributed by atoms with Crippen LogP contribution < -0.4 is 0 Å². The van der Waals surface area contributed by atoms with E-state index in [4.69, 9.17) is 5.11 Å². The van der Waals surface area contributed by atoms with E-state index in [0.717, 1.165) is 24.0 Å². The van der Waals surface area contributed by atoms with Gasteiger partial charge < -0.3 is 10.2 Å². The highest BCUT2D eigenvalue weighted by atomic mass is 32.1. The quantitative estimate of drug-likeness (QED) is 0.844. The third kappa shape index (κ3) is 2.08. The summed E-state index contributed by atoms with van der Waals surface area (Å²) in [4.78, 5) is 0. The summed E-state index contributed by atoms with van der Waals surface area (Å²) in [5.41, 5.74) is 2.11. The van der Waals surface area contributed by atoms with Crippen molar-refractivity contribution in [2.45, 2.75) is 12.8 Å². The molecule has 0 saturated carbocycles. The lowest BCUT2D eigenvalue weighted by molar-refractivity contribution is 0.484. The van der Waals surface area contributed by atoms with Crippen LogP contribution in [0.5, 0.6) is 10.1 Å². The van der Waals surface area contributed by atoms with Gasteiger partial charge in [-0.3, -0.25) is 0 Å². The van der Waals surface area contributed by atoms with E-state index in [1.54, 1.807) is 6.07 Å². The molecule has 0 aliphatic heterocycles. The first-order valence-corrected chi connectivity index (χ1v) is 6.03. The van der Waals surface area contributed by atoms with Gasteiger partial charge in [0.05, 0.1) is 0 Å². The zero-order chi connectivity index (χ0) is 9.97. The van der Waals surface area contributed by atoms with Gasteiger partial charge in [-0.05, 0) is 41.3 Å². The molecule has 0 spiro atoms. The van der Waals surface area contributed by atoms with E-state index < -0.39 is 0 Å². The fourth-order valence-corrected chi connectivity index (χ4v) is 2.65. The molecule has 0 aliphatic carbocycles. The van der Waals surface area contributed by atoms with Crippen LogP contribution in [0.3, 0.4) is 0 Å². The van der Waals surface area contributed by atoms with Crippen molar-refractivity contribution in [3.63, 3.8) is 0 Å². The number of thiophene rings is 2. The molecule has 0 aromatic carbocycles. The van der Waals surface area contributed by atoms with Crippen LogP contribution in [0.15, 0.2) is 22.9 Å². The summed E-state index contributed by atoms with van der Waals surface area (Å²) in [6, 6.07) is 3.71. The summed E-state index contributed by atoms with van der Waals surface area (Å²) >= 11 is 2.69. The average molecular weight is 226 g/mol. The van der Waals surface area contributed by atoms with Gasteiger partial charge >= 0.3 is 0 Å². The molecule has 2 rings (SSSR count). The first-order valence-electron chi connectivity index (χ1n) is 4.27. The van der Waals surface area contributed by atoms with E-state index in [9.17, 15) is 5.11 Å². The number of hydrogen-bond donors (Lipinski definition) is 2. The molecule has 0 aliphatic rings. The van der Waals surface area contributed by atoms with Gasteiger partial charge in [0.25, 0.3) is 0 Å². The van der Waals surface area contributed by atoms with Gasteiger partial charge in [0, 0.05) is 5.56 Å². The fraction of sp³-hybridized carbons (Fsp3) is 0.200. The molecule has 2 heterocycles. The Morgan fingerprint density at radius 2 is 2.00 bits per heavy atom. The number of aryl methyl sites for hydroxylation is 2. The number of rotatable bonds is 3. The van der Waals surface area contributed by atoms with Gasteiger partial charge in [0.15, 0.2) is 10.1 Å². The van der Waals surface area contributed by atoms with E-state index in [2.05, 4.69) is 0 Å². The lowest BCUT2D eigenvalue weighted by atomic mass is 10.1. The third-order valence-electron chi connectivity index (χ3n) is 2.05. The Morgan fingerprint density at radius 3 is 2.57 bits per heavy atom. The fourth-order valence-electron chi connectivity index (χ4n) is 1.29. The number of hydrogen-bond acceptors (Lipinski definition) is 4. The first kappa shape index (κ1) is 9.55. The molecule has 2 aromatic heterocycles. The van der Waals surface area contributed by atoms with Crippen molar-refractivity contribution in [1.82, 2.24) is 0 Å². The maximum atomic E-state index is 9.41. The van der Waals surface area contributed by atoms with Gasteiger partial charge in [0.1, 0.15) is 0 Å². The molecular formula is C10H10O2S2. The normalized spacial score (nSPS) is 10.6. The van der Waals surface area contributed by atoms with Crippen molar-refractivity contribution < 1.29 is 10.2 Å². The summed E-state index contributed by atoms with van der Waals surface area (Å²) in [5, 5.41) is 23.1. The lowest BCUT2D eigenvalue weighted by Crippen LogP contribution is -1.86. The van der Waals surface area contributed by atoms with Crippen molar-refractivity contribution in [3.8, 4) is 10.1 Å². The minimum Gasteiger partial charge on any atom is -0.499 e. The molecule has 0 unspecified atom stereocenters. The van der Waals surface area contributed by atoms with Gasteiger partial charge in [-0.2, -0.15) is 0 Å². The van der Waals surface area contributed by atoms with E-state index in [0.29, 0.717) is 10.1 Å². The Morgan fingerprint density at radius 1 is 1.14 bits per heavy atom. The van der Waals surface area contributed by atoms with Crippen LogP contribution in [0.2, 0.25) is 0 Å². The summed E-state index contributed by atoms with van der Waals surface area (Å²) in [5.74, 6) is 0. The molecule has 2 nitrogen and oxygen atoms in total. The summed E-state index contributed by atoms with van der Waals surface area (Å²) in [7, 11) is 0. The first-order chi connectivity index (χ1) is 6.75. The summed E-state index contributed by atoms with van der Waals surface area (Å²) in [6.07, 6.45) is 1.69. The minimum absolute atomic E-state index is 0.356. The van der Waals surface area contributed by atoms with Crippen LogP contribution in [-0.2, 0) is 12.8 Å². The molecule has 4 heteroatoms. The van der Waals surface area contributed by atoms with Crippen LogP contribution in [0.4, 0.5) is 0 Å². The highest BCUT2D eigenvalue weighted by Gasteiger charge is 2.03. The monoisotopic (exact) mass is 226 g/mol. The van der Waals surface area contributed by atoms with Crippen LogP contribution in [0.1, 0.15) is 11.1 Å².